The fourth-order valence-electron chi connectivity index (χ4n) is 2.37. The van der Waals surface area contributed by atoms with Gasteiger partial charge in [-0.3, -0.25) is 4.99 Å². The molecule has 0 radical (unpaired) electrons. The molecule has 1 heterocycles. The lowest BCUT2D eigenvalue weighted by molar-refractivity contribution is -0.0425. The van der Waals surface area contributed by atoms with E-state index >= 15 is 0 Å². The molecule has 0 bridgehead atoms. The van der Waals surface area contributed by atoms with E-state index in [1.54, 1.807) is 17.0 Å². The lowest BCUT2D eigenvalue weighted by atomic mass is 10.0. The minimum atomic E-state index is -3.99. The highest BCUT2D eigenvalue weighted by atomic mass is 35.5. The molecular weight excluding hydrogens is 370 g/mol. The molecule has 24 heavy (non-hydrogen) atoms. The number of rotatable bonds is 5. The zero-order valence-electron chi connectivity index (χ0n) is 13.4. The zero-order chi connectivity index (χ0) is 18.1. The lowest BCUT2D eigenvalue weighted by Gasteiger charge is -2.34. The maximum atomic E-state index is 11.7. The number of halogens is 1. The Hall–Kier alpha value is -1.06. The summed E-state index contributed by atoms with van der Waals surface area (Å²) in [5.41, 5.74) is -1.03. The van der Waals surface area contributed by atoms with Crippen molar-refractivity contribution in [1.82, 2.24) is 4.90 Å². The summed E-state index contributed by atoms with van der Waals surface area (Å²) in [7, 11) is -3.99. The largest absolute Gasteiger partial charge is 0.366 e. The fourth-order valence-corrected chi connectivity index (χ4v) is 4.77. The van der Waals surface area contributed by atoms with Crippen LogP contribution in [-0.4, -0.2) is 41.9 Å². The van der Waals surface area contributed by atoms with Crippen molar-refractivity contribution < 1.29 is 13.5 Å². The molecule has 0 saturated carbocycles. The van der Waals surface area contributed by atoms with E-state index in [4.69, 9.17) is 16.7 Å². The molecule has 0 aliphatic carbocycles. The van der Waals surface area contributed by atoms with Gasteiger partial charge in [0.1, 0.15) is 4.90 Å². The molecule has 1 fully saturated rings. The second-order valence-electron chi connectivity index (χ2n) is 5.70. The van der Waals surface area contributed by atoms with Crippen LogP contribution in [0.2, 0.25) is 5.02 Å². The van der Waals surface area contributed by atoms with Crippen LogP contribution in [0.3, 0.4) is 0 Å². The maximum Gasteiger partial charge on any atom is 0.239 e. The molecule has 9 heteroatoms. The van der Waals surface area contributed by atoms with E-state index in [-0.39, 0.29) is 16.0 Å². The first kappa shape index (κ1) is 19.3. The molecule has 1 aliphatic heterocycles. The molecule has 0 aromatic heterocycles. The quantitative estimate of drug-likeness (QED) is 0.752. The van der Waals surface area contributed by atoms with Gasteiger partial charge >= 0.3 is 0 Å². The fraction of sp³-hybridized carbons (Fsp3) is 0.400. The summed E-state index contributed by atoms with van der Waals surface area (Å²) >= 11 is 7.33. The van der Waals surface area contributed by atoms with Gasteiger partial charge in [-0.25, -0.2) is 13.6 Å². The standard InChI is InChI=1S/C15H20ClN3O3S2/c1-4-7-19-14(18-10(2)3)23-9-15(19,20)11-5-6-12(16)13(8-11)24(17,21)22/h4-6,8,10,20H,1,7,9H2,2-3H3,(H2,17,21,22). The molecule has 1 aromatic rings. The number of aliphatic imine (C=N–C) groups is 1. The Morgan fingerprint density at radius 1 is 1.58 bits per heavy atom. The molecular formula is C15H20ClN3O3S2. The van der Waals surface area contributed by atoms with Crippen molar-refractivity contribution in [3.8, 4) is 0 Å². The molecule has 2 rings (SSSR count). The van der Waals surface area contributed by atoms with Gasteiger partial charge in [-0.15, -0.1) is 6.58 Å². The SMILES string of the molecule is C=CCN1C(=NC(C)C)SCC1(O)c1ccc(Cl)c(S(N)(=O)=O)c1. The summed E-state index contributed by atoms with van der Waals surface area (Å²) in [6, 6.07) is 4.38. The number of amidine groups is 1. The zero-order valence-corrected chi connectivity index (χ0v) is 15.8. The second kappa shape index (κ2) is 7.05. The Morgan fingerprint density at radius 3 is 2.79 bits per heavy atom. The van der Waals surface area contributed by atoms with Crippen LogP contribution in [-0.2, 0) is 15.7 Å². The monoisotopic (exact) mass is 389 g/mol. The van der Waals surface area contributed by atoms with Gasteiger partial charge in [0.2, 0.25) is 10.0 Å². The summed E-state index contributed by atoms with van der Waals surface area (Å²) < 4.78 is 23.4. The third-order valence-corrected chi connectivity index (χ3v) is 5.98. The normalized spacial score (nSPS) is 23.2. The number of benzene rings is 1. The van der Waals surface area contributed by atoms with Crippen LogP contribution in [0.5, 0.6) is 0 Å². The first-order valence-corrected chi connectivity index (χ1v) is 10.1. The van der Waals surface area contributed by atoms with Gasteiger partial charge in [0.05, 0.1) is 10.8 Å². The Labute approximate surface area is 151 Å². The number of aliphatic hydroxyl groups is 1. The topological polar surface area (TPSA) is 96.0 Å². The Morgan fingerprint density at radius 2 is 2.25 bits per heavy atom. The molecule has 1 aliphatic rings. The molecule has 1 saturated heterocycles. The summed E-state index contributed by atoms with van der Waals surface area (Å²) in [5.74, 6) is 0.304. The van der Waals surface area contributed by atoms with Crippen LogP contribution in [0.4, 0.5) is 0 Å². The van der Waals surface area contributed by atoms with Crippen molar-refractivity contribution in [2.75, 3.05) is 12.3 Å². The highest BCUT2D eigenvalue weighted by molar-refractivity contribution is 8.14. The van der Waals surface area contributed by atoms with Crippen LogP contribution < -0.4 is 5.14 Å². The number of thioether (sulfide) groups is 1. The molecule has 1 aromatic carbocycles. The molecule has 6 nitrogen and oxygen atoms in total. The van der Waals surface area contributed by atoms with E-state index in [2.05, 4.69) is 11.6 Å². The van der Waals surface area contributed by atoms with E-state index in [1.807, 2.05) is 13.8 Å². The van der Waals surface area contributed by atoms with Crippen molar-refractivity contribution in [2.24, 2.45) is 10.1 Å². The summed E-state index contributed by atoms with van der Waals surface area (Å²) in [5, 5.41) is 17.1. The van der Waals surface area contributed by atoms with E-state index in [1.165, 1.54) is 23.9 Å². The Kier molecular flexibility index (Phi) is 5.66. The van der Waals surface area contributed by atoms with Gasteiger partial charge in [0.25, 0.3) is 0 Å². The van der Waals surface area contributed by atoms with Gasteiger partial charge in [-0.1, -0.05) is 35.5 Å². The first-order valence-electron chi connectivity index (χ1n) is 7.24. The molecule has 0 amide bonds. The number of primary sulfonamides is 1. The van der Waals surface area contributed by atoms with Crippen LogP contribution in [0.15, 0.2) is 40.7 Å². The molecule has 132 valence electrons. The van der Waals surface area contributed by atoms with Crippen molar-refractivity contribution in [3.63, 3.8) is 0 Å². The number of nitrogens with two attached hydrogens (primary N) is 1. The lowest BCUT2D eigenvalue weighted by Crippen LogP contribution is -2.45. The smallest absolute Gasteiger partial charge is 0.239 e. The summed E-state index contributed by atoms with van der Waals surface area (Å²) in [4.78, 5) is 6.00. The summed E-state index contributed by atoms with van der Waals surface area (Å²) in [6.07, 6.45) is 1.66. The molecule has 1 unspecified atom stereocenters. The third-order valence-electron chi connectivity index (χ3n) is 3.46. The number of hydrogen-bond donors (Lipinski definition) is 2. The Balaban J connectivity index is 2.55. The van der Waals surface area contributed by atoms with Crippen molar-refractivity contribution in [1.29, 1.82) is 0 Å². The van der Waals surface area contributed by atoms with E-state index < -0.39 is 15.7 Å². The number of hydrogen-bond acceptors (Lipinski definition) is 5. The molecule has 1 atom stereocenters. The highest BCUT2D eigenvalue weighted by Crippen LogP contribution is 2.40. The van der Waals surface area contributed by atoms with Gasteiger partial charge < -0.3 is 10.0 Å². The highest BCUT2D eigenvalue weighted by Gasteiger charge is 2.44. The Bertz CT molecular complexity index is 780. The van der Waals surface area contributed by atoms with Gasteiger partial charge in [0, 0.05) is 18.2 Å². The average molecular weight is 390 g/mol. The molecule has 0 spiro atoms. The van der Waals surface area contributed by atoms with E-state index in [9.17, 15) is 13.5 Å². The van der Waals surface area contributed by atoms with Crippen molar-refractivity contribution >= 4 is 38.6 Å². The van der Waals surface area contributed by atoms with E-state index in [0.717, 1.165) is 0 Å². The minimum Gasteiger partial charge on any atom is -0.366 e. The van der Waals surface area contributed by atoms with Crippen molar-refractivity contribution in [2.45, 2.75) is 30.5 Å². The van der Waals surface area contributed by atoms with E-state index in [0.29, 0.717) is 23.0 Å². The maximum absolute atomic E-state index is 11.7. The van der Waals surface area contributed by atoms with Crippen LogP contribution in [0, 0.1) is 0 Å². The van der Waals surface area contributed by atoms with Crippen molar-refractivity contribution in [3.05, 3.63) is 41.4 Å². The number of sulfonamides is 1. The van der Waals surface area contributed by atoms with Gasteiger partial charge in [-0.05, 0) is 26.0 Å². The van der Waals surface area contributed by atoms with Gasteiger partial charge in [0.15, 0.2) is 10.9 Å². The third kappa shape index (κ3) is 3.78. The predicted molar refractivity (Wildman–Crippen MR) is 98.7 cm³/mol. The molecule has 3 N–H and O–H groups in total. The van der Waals surface area contributed by atoms with Crippen LogP contribution in [0.25, 0.3) is 0 Å². The average Bonchev–Trinajstić information content (AvgIpc) is 2.76. The number of nitrogens with zero attached hydrogens (tertiary/aromatic N) is 2. The van der Waals surface area contributed by atoms with Crippen LogP contribution >= 0.6 is 23.4 Å². The predicted octanol–water partition coefficient (Wildman–Crippen LogP) is 2.13. The van der Waals surface area contributed by atoms with Gasteiger partial charge in [-0.2, -0.15) is 0 Å². The first-order chi connectivity index (χ1) is 11.1. The van der Waals surface area contributed by atoms with Crippen LogP contribution in [0.1, 0.15) is 19.4 Å². The minimum absolute atomic E-state index is 0.0156. The summed E-state index contributed by atoms with van der Waals surface area (Å²) in [6.45, 7) is 7.96. The second-order valence-corrected chi connectivity index (χ2v) is 8.58.